The molecule has 1 aromatic rings. The second-order valence-electron chi connectivity index (χ2n) is 4.79. The molecule has 6 nitrogen and oxygen atoms in total. The third kappa shape index (κ3) is 4.38. The van der Waals surface area contributed by atoms with Crippen LogP contribution in [0.15, 0.2) is 29.2 Å². The molecule has 1 aromatic carbocycles. The van der Waals surface area contributed by atoms with Crippen LogP contribution in [-0.2, 0) is 14.3 Å². The lowest BCUT2D eigenvalue weighted by Crippen LogP contribution is -2.52. The molecule has 0 radical (unpaired) electrons. The molecular formula is C15H19NO5S. The fourth-order valence-corrected chi connectivity index (χ4v) is 3.02. The van der Waals surface area contributed by atoms with E-state index < -0.39 is 12.0 Å². The number of ether oxygens (including phenoxy) is 2. The second-order valence-corrected chi connectivity index (χ2v) is 5.96. The quantitative estimate of drug-likeness (QED) is 0.799. The summed E-state index contributed by atoms with van der Waals surface area (Å²) in [5, 5.41) is 9.12. The van der Waals surface area contributed by atoms with Crippen molar-refractivity contribution in [3.8, 4) is 5.75 Å². The first-order valence-electron chi connectivity index (χ1n) is 6.98. The molecule has 0 saturated carbocycles. The molecule has 1 N–H and O–H groups in total. The molecule has 0 aliphatic carbocycles. The average molecular weight is 325 g/mol. The smallest absolute Gasteiger partial charge is 0.328 e. The van der Waals surface area contributed by atoms with E-state index in [4.69, 9.17) is 14.6 Å². The van der Waals surface area contributed by atoms with Crippen LogP contribution in [0.3, 0.4) is 0 Å². The Kier molecular flexibility index (Phi) is 6.09. The van der Waals surface area contributed by atoms with Crippen LogP contribution in [0.25, 0.3) is 0 Å². The highest BCUT2D eigenvalue weighted by atomic mass is 32.2. The Labute approximate surface area is 133 Å². The molecule has 22 heavy (non-hydrogen) atoms. The van der Waals surface area contributed by atoms with Gasteiger partial charge >= 0.3 is 5.97 Å². The van der Waals surface area contributed by atoms with Gasteiger partial charge in [-0.3, -0.25) is 4.79 Å². The Morgan fingerprint density at radius 3 is 2.77 bits per heavy atom. The number of nitrogens with zero attached hydrogens (tertiary/aromatic N) is 1. The summed E-state index contributed by atoms with van der Waals surface area (Å²) in [7, 11) is 1.61. The Balaban J connectivity index is 1.82. The molecule has 1 heterocycles. The molecule has 1 saturated heterocycles. The largest absolute Gasteiger partial charge is 0.497 e. The first kappa shape index (κ1) is 16.6. The van der Waals surface area contributed by atoms with Crippen molar-refractivity contribution in [3.63, 3.8) is 0 Å². The minimum Gasteiger partial charge on any atom is -0.497 e. The number of benzene rings is 1. The first-order valence-corrected chi connectivity index (χ1v) is 7.97. The van der Waals surface area contributed by atoms with E-state index in [1.54, 1.807) is 18.9 Å². The van der Waals surface area contributed by atoms with Crippen molar-refractivity contribution in [3.05, 3.63) is 24.3 Å². The Morgan fingerprint density at radius 1 is 1.41 bits per heavy atom. The van der Waals surface area contributed by atoms with Crippen molar-refractivity contribution in [1.82, 2.24) is 4.90 Å². The van der Waals surface area contributed by atoms with Crippen molar-refractivity contribution in [2.45, 2.75) is 17.4 Å². The SMILES string of the molecule is COc1ccc(SCCC(=O)N2CCOCC2C(=O)O)cc1. The lowest BCUT2D eigenvalue weighted by Gasteiger charge is -2.32. The van der Waals surface area contributed by atoms with Crippen molar-refractivity contribution in [1.29, 1.82) is 0 Å². The van der Waals surface area contributed by atoms with E-state index in [2.05, 4.69) is 0 Å². The lowest BCUT2D eigenvalue weighted by molar-refractivity contribution is -0.158. The molecule has 7 heteroatoms. The van der Waals surface area contributed by atoms with Crippen LogP contribution in [0.4, 0.5) is 0 Å². The highest BCUT2D eigenvalue weighted by Crippen LogP contribution is 2.22. The number of carbonyl (C=O) groups excluding carboxylic acids is 1. The molecule has 1 unspecified atom stereocenters. The number of carbonyl (C=O) groups is 2. The van der Waals surface area contributed by atoms with Gasteiger partial charge in [-0.15, -0.1) is 11.8 Å². The molecule has 0 bridgehead atoms. The van der Waals surface area contributed by atoms with Crippen LogP contribution in [0, 0.1) is 0 Å². The number of aliphatic carboxylic acids is 1. The van der Waals surface area contributed by atoms with Gasteiger partial charge in [0.15, 0.2) is 6.04 Å². The van der Waals surface area contributed by atoms with E-state index in [9.17, 15) is 9.59 Å². The number of thioether (sulfide) groups is 1. The molecule has 0 aromatic heterocycles. The van der Waals surface area contributed by atoms with Crippen LogP contribution >= 0.6 is 11.8 Å². The van der Waals surface area contributed by atoms with Gasteiger partial charge < -0.3 is 19.5 Å². The van der Waals surface area contributed by atoms with E-state index >= 15 is 0 Å². The first-order chi connectivity index (χ1) is 10.6. The Bertz CT molecular complexity index is 519. The summed E-state index contributed by atoms with van der Waals surface area (Å²) in [6.45, 7) is 0.789. The minimum absolute atomic E-state index is 0.0622. The van der Waals surface area contributed by atoms with Gasteiger partial charge in [0.25, 0.3) is 0 Å². The number of methoxy groups -OCH3 is 1. The maximum atomic E-state index is 12.2. The van der Waals surface area contributed by atoms with Crippen molar-refractivity contribution in [2.24, 2.45) is 0 Å². The van der Waals surface area contributed by atoms with Gasteiger partial charge in [-0.05, 0) is 24.3 Å². The van der Waals surface area contributed by atoms with Crippen molar-refractivity contribution >= 4 is 23.6 Å². The van der Waals surface area contributed by atoms with Crippen molar-refractivity contribution < 1.29 is 24.2 Å². The summed E-state index contributed by atoms with van der Waals surface area (Å²) in [6, 6.07) is 6.73. The molecule has 120 valence electrons. The summed E-state index contributed by atoms with van der Waals surface area (Å²) in [6.07, 6.45) is 0.306. The number of amides is 1. The molecule has 0 spiro atoms. The highest BCUT2D eigenvalue weighted by molar-refractivity contribution is 7.99. The van der Waals surface area contributed by atoms with Crippen LogP contribution in [-0.4, -0.2) is 60.5 Å². The fourth-order valence-electron chi connectivity index (χ4n) is 2.18. The minimum atomic E-state index is -1.02. The molecule has 1 aliphatic rings. The zero-order chi connectivity index (χ0) is 15.9. The van der Waals surface area contributed by atoms with Gasteiger partial charge in [-0.25, -0.2) is 4.79 Å². The standard InChI is InChI=1S/C15H19NO5S/c1-20-11-2-4-12(5-3-11)22-9-6-14(17)16-7-8-21-10-13(16)15(18)19/h2-5,13H,6-10H2,1H3,(H,18,19). The number of hydrogen-bond donors (Lipinski definition) is 1. The zero-order valence-corrected chi connectivity index (χ0v) is 13.2. The Hall–Kier alpha value is -1.73. The molecule has 1 aliphatic heterocycles. The second kappa shape index (κ2) is 8.05. The van der Waals surface area contributed by atoms with E-state index in [1.807, 2.05) is 24.3 Å². The molecule has 2 rings (SSSR count). The third-order valence-electron chi connectivity index (χ3n) is 3.38. The van der Waals surface area contributed by atoms with Gasteiger partial charge in [-0.1, -0.05) is 0 Å². The topological polar surface area (TPSA) is 76.1 Å². The highest BCUT2D eigenvalue weighted by Gasteiger charge is 2.32. The van der Waals surface area contributed by atoms with Crippen LogP contribution in [0.5, 0.6) is 5.75 Å². The maximum absolute atomic E-state index is 12.2. The monoisotopic (exact) mass is 325 g/mol. The summed E-state index contributed by atoms with van der Waals surface area (Å²) in [5.41, 5.74) is 0. The van der Waals surface area contributed by atoms with E-state index in [0.717, 1.165) is 10.6 Å². The van der Waals surface area contributed by atoms with Gasteiger partial charge in [0.2, 0.25) is 5.91 Å². The molecular weight excluding hydrogens is 306 g/mol. The average Bonchev–Trinajstić information content (AvgIpc) is 2.55. The number of carboxylic acid groups (broad SMARTS) is 1. The molecule has 1 fully saturated rings. The van der Waals surface area contributed by atoms with Crippen LogP contribution in [0.1, 0.15) is 6.42 Å². The summed E-state index contributed by atoms with van der Waals surface area (Å²) >= 11 is 1.56. The maximum Gasteiger partial charge on any atom is 0.328 e. The normalized spacial score (nSPS) is 18.0. The predicted molar refractivity (Wildman–Crippen MR) is 82.3 cm³/mol. The summed E-state index contributed by atoms with van der Waals surface area (Å²) < 4.78 is 10.2. The van der Waals surface area contributed by atoms with Crippen LogP contribution < -0.4 is 4.74 Å². The summed E-state index contributed by atoms with van der Waals surface area (Å²) in [4.78, 5) is 25.8. The van der Waals surface area contributed by atoms with E-state index in [-0.39, 0.29) is 12.5 Å². The number of rotatable bonds is 6. The number of hydrogen-bond acceptors (Lipinski definition) is 5. The van der Waals surface area contributed by atoms with Gasteiger partial charge in [-0.2, -0.15) is 0 Å². The van der Waals surface area contributed by atoms with Gasteiger partial charge in [0.05, 0.1) is 20.3 Å². The summed E-state index contributed by atoms with van der Waals surface area (Å²) in [5.74, 6) is 0.236. The lowest BCUT2D eigenvalue weighted by atomic mass is 10.2. The predicted octanol–water partition coefficient (Wildman–Crippen LogP) is 1.49. The number of carboxylic acids is 1. The van der Waals surface area contributed by atoms with Gasteiger partial charge in [0.1, 0.15) is 5.75 Å². The molecule has 1 amide bonds. The fraction of sp³-hybridized carbons (Fsp3) is 0.467. The zero-order valence-electron chi connectivity index (χ0n) is 12.4. The van der Waals surface area contributed by atoms with Gasteiger partial charge in [0, 0.05) is 23.6 Å². The van der Waals surface area contributed by atoms with E-state index in [0.29, 0.717) is 25.3 Å². The van der Waals surface area contributed by atoms with E-state index in [1.165, 1.54) is 4.90 Å². The number of morpholine rings is 1. The van der Waals surface area contributed by atoms with Crippen LogP contribution in [0.2, 0.25) is 0 Å². The molecule has 1 atom stereocenters. The third-order valence-corrected chi connectivity index (χ3v) is 4.39. The Morgan fingerprint density at radius 2 is 2.14 bits per heavy atom. The van der Waals surface area contributed by atoms with Crippen molar-refractivity contribution in [2.75, 3.05) is 32.6 Å².